The van der Waals surface area contributed by atoms with Crippen molar-refractivity contribution in [2.45, 2.75) is 33.2 Å². The number of carbonyl (C=O) groups is 1. The van der Waals surface area contributed by atoms with Crippen LogP contribution in [0.3, 0.4) is 0 Å². The summed E-state index contributed by atoms with van der Waals surface area (Å²) in [5.41, 5.74) is 0. The smallest absolute Gasteiger partial charge is 0.330 e. The Morgan fingerprint density at radius 3 is 2.93 bits per heavy atom. The zero-order valence-electron chi connectivity index (χ0n) is 8.95. The molecule has 0 N–H and O–H groups in total. The first kappa shape index (κ1) is 11.6. The van der Waals surface area contributed by atoms with E-state index in [9.17, 15) is 4.79 Å². The average Bonchev–Trinajstić information content (AvgIpc) is 2.49. The van der Waals surface area contributed by atoms with Gasteiger partial charge < -0.3 is 4.74 Å². The lowest BCUT2D eigenvalue weighted by Crippen LogP contribution is -2.19. The maximum Gasteiger partial charge on any atom is 0.330 e. The molecule has 80 valence electrons. The van der Waals surface area contributed by atoms with Crippen LogP contribution >= 0.6 is 11.8 Å². The maximum absolute atomic E-state index is 11.4. The van der Waals surface area contributed by atoms with Gasteiger partial charge in [0.2, 0.25) is 0 Å². The van der Waals surface area contributed by atoms with Crippen LogP contribution in [-0.4, -0.2) is 29.4 Å². The Morgan fingerprint density at radius 2 is 2.36 bits per heavy atom. The summed E-state index contributed by atoms with van der Waals surface area (Å²) in [6.45, 7) is 6.47. The molecule has 0 bridgehead atoms. The molecule has 1 aliphatic heterocycles. The summed E-state index contributed by atoms with van der Waals surface area (Å²) in [4.78, 5) is 15.8. The number of esters is 1. The number of thioether (sulfide) groups is 1. The van der Waals surface area contributed by atoms with Crippen LogP contribution in [0.15, 0.2) is 4.99 Å². The highest BCUT2D eigenvalue weighted by atomic mass is 32.2. The summed E-state index contributed by atoms with van der Waals surface area (Å²) in [5, 5.41) is 1.10. The van der Waals surface area contributed by atoms with Crippen molar-refractivity contribution in [3.05, 3.63) is 0 Å². The molecule has 0 unspecified atom stereocenters. The van der Waals surface area contributed by atoms with Gasteiger partial charge in [0.15, 0.2) is 0 Å². The third-order valence-electron chi connectivity index (χ3n) is 2.13. The molecular formula is C10H17NO2S. The Bertz CT molecular complexity index is 240. The van der Waals surface area contributed by atoms with E-state index in [1.807, 2.05) is 6.92 Å². The topological polar surface area (TPSA) is 38.7 Å². The van der Waals surface area contributed by atoms with Gasteiger partial charge in [-0.25, -0.2) is 4.79 Å². The van der Waals surface area contributed by atoms with E-state index in [2.05, 4.69) is 18.8 Å². The molecule has 1 heterocycles. The average molecular weight is 215 g/mol. The van der Waals surface area contributed by atoms with Crippen molar-refractivity contribution in [1.82, 2.24) is 0 Å². The predicted octanol–water partition coefficient (Wildman–Crippen LogP) is 2.11. The Kier molecular flexibility index (Phi) is 4.45. The zero-order chi connectivity index (χ0) is 10.6. The number of nitrogens with zero attached hydrogens (tertiary/aromatic N) is 1. The lowest BCUT2D eigenvalue weighted by Gasteiger charge is -2.06. The summed E-state index contributed by atoms with van der Waals surface area (Å²) in [5.74, 6) is 1.25. The minimum atomic E-state index is -0.251. The minimum absolute atomic E-state index is 0.175. The third-order valence-corrected chi connectivity index (χ3v) is 3.22. The number of aliphatic imine (C=N–C) groups is 1. The summed E-state index contributed by atoms with van der Waals surface area (Å²) in [7, 11) is 0. The molecule has 0 aromatic rings. The van der Waals surface area contributed by atoms with Crippen LogP contribution in [0.2, 0.25) is 0 Å². The second-order valence-electron chi connectivity index (χ2n) is 3.30. The number of hydrogen-bond donors (Lipinski definition) is 0. The first-order valence-electron chi connectivity index (χ1n) is 5.06. The van der Waals surface area contributed by atoms with E-state index in [1.54, 1.807) is 11.8 Å². The highest BCUT2D eigenvalue weighted by molar-refractivity contribution is 8.13. The van der Waals surface area contributed by atoms with Crippen LogP contribution in [0.5, 0.6) is 0 Å². The fraction of sp³-hybridized carbons (Fsp3) is 0.800. The van der Waals surface area contributed by atoms with Crippen LogP contribution in [0, 0.1) is 5.92 Å². The van der Waals surface area contributed by atoms with Crippen LogP contribution in [0.4, 0.5) is 0 Å². The summed E-state index contributed by atoms with van der Waals surface area (Å²) in [6, 6.07) is -0.251. The van der Waals surface area contributed by atoms with Crippen molar-refractivity contribution in [2.75, 3.05) is 12.4 Å². The molecule has 0 fully saturated rings. The molecule has 0 spiro atoms. The largest absolute Gasteiger partial charge is 0.464 e. The molecule has 0 radical (unpaired) electrons. The van der Waals surface area contributed by atoms with Gasteiger partial charge in [0, 0.05) is 5.92 Å². The van der Waals surface area contributed by atoms with Crippen LogP contribution < -0.4 is 0 Å². The lowest BCUT2D eigenvalue weighted by molar-refractivity contribution is -0.144. The molecule has 14 heavy (non-hydrogen) atoms. The first-order valence-corrected chi connectivity index (χ1v) is 6.04. The van der Waals surface area contributed by atoms with Gasteiger partial charge in [-0.1, -0.05) is 13.8 Å². The molecule has 4 heteroatoms. The Labute approximate surface area is 89.3 Å². The minimum Gasteiger partial charge on any atom is -0.464 e. The molecule has 0 aromatic heterocycles. The summed E-state index contributed by atoms with van der Waals surface area (Å²) < 4.78 is 4.95. The van der Waals surface area contributed by atoms with Gasteiger partial charge in [0.05, 0.1) is 11.7 Å². The normalized spacial score (nSPS) is 26.1. The second-order valence-corrected chi connectivity index (χ2v) is 4.59. The van der Waals surface area contributed by atoms with Crippen molar-refractivity contribution >= 4 is 22.8 Å². The highest BCUT2D eigenvalue weighted by Gasteiger charge is 2.30. The van der Waals surface area contributed by atoms with Gasteiger partial charge in [-0.05, 0) is 19.1 Å². The molecule has 1 aliphatic rings. The van der Waals surface area contributed by atoms with Crippen LogP contribution in [-0.2, 0) is 9.53 Å². The van der Waals surface area contributed by atoms with Crippen molar-refractivity contribution in [2.24, 2.45) is 10.9 Å². The van der Waals surface area contributed by atoms with Gasteiger partial charge >= 0.3 is 5.97 Å². The van der Waals surface area contributed by atoms with Gasteiger partial charge in [0.25, 0.3) is 0 Å². The molecule has 0 amide bonds. The van der Waals surface area contributed by atoms with E-state index >= 15 is 0 Å². The second kappa shape index (κ2) is 5.39. The highest BCUT2D eigenvalue weighted by Crippen LogP contribution is 2.27. The maximum atomic E-state index is 11.4. The quantitative estimate of drug-likeness (QED) is 0.677. The van der Waals surface area contributed by atoms with Crippen molar-refractivity contribution in [3.63, 3.8) is 0 Å². The van der Waals surface area contributed by atoms with Crippen LogP contribution in [0.25, 0.3) is 0 Å². The van der Waals surface area contributed by atoms with Crippen molar-refractivity contribution in [1.29, 1.82) is 0 Å². The molecular weight excluding hydrogens is 198 g/mol. The van der Waals surface area contributed by atoms with E-state index in [-0.39, 0.29) is 12.0 Å². The Balaban J connectivity index is 2.55. The van der Waals surface area contributed by atoms with E-state index < -0.39 is 0 Å². The molecule has 0 aromatic carbocycles. The fourth-order valence-electron chi connectivity index (χ4n) is 1.48. The Morgan fingerprint density at radius 1 is 1.64 bits per heavy atom. The molecule has 0 aliphatic carbocycles. The van der Waals surface area contributed by atoms with Gasteiger partial charge in [-0.2, -0.15) is 0 Å². The van der Waals surface area contributed by atoms with E-state index in [4.69, 9.17) is 4.74 Å². The molecule has 0 saturated carbocycles. The molecule has 1 rings (SSSR count). The lowest BCUT2D eigenvalue weighted by atomic mass is 10.1. The molecule has 0 saturated heterocycles. The van der Waals surface area contributed by atoms with Gasteiger partial charge in [0.1, 0.15) is 6.04 Å². The summed E-state index contributed by atoms with van der Waals surface area (Å²) in [6.07, 6.45) is 0.807. The molecule has 2 atom stereocenters. The van der Waals surface area contributed by atoms with Crippen LogP contribution in [0.1, 0.15) is 27.2 Å². The third kappa shape index (κ3) is 2.74. The monoisotopic (exact) mass is 215 g/mol. The fourth-order valence-corrected chi connectivity index (χ4v) is 2.36. The zero-order valence-corrected chi connectivity index (χ0v) is 9.76. The number of ether oxygens (including phenoxy) is 1. The van der Waals surface area contributed by atoms with Crippen molar-refractivity contribution in [3.8, 4) is 0 Å². The number of hydrogen-bond acceptors (Lipinski definition) is 4. The van der Waals surface area contributed by atoms with Gasteiger partial charge in [-0.3, -0.25) is 4.99 Å². The first-order chi connectivity index (χ1) is 6.69. The van der Waals surface area contributed by atoms with E-state index in [0.29, 0.717) is 12.5 Å². The predicted molar refractivity (Wildman–Crippen MR) is 59.8 cm³/mol. The van der Waals surface area contributed by atoms with Gasteiger partial charge in [-0.15, -0.1) is 11.8 Å². The number of rotatable bonds is 3. The summed E-state index contributed by atoms with van der Waals surface area (Å²) >= 11 is 1.73. The van der Waals surface area contributed by atoms with E-state index in [0.717, 1.165) is 17.2 Å². The SMILES string of the molecule is CCOC(=O)[C@@H]1C[C@H](C)C(SCC)=N1. The Hall–Kier alpha value is -0.510. The van der Waals surface area contributed by atoms with E-state index in [1.165, 1.54) is 0 Å². The standard InChI is InChI=1S/C10H17NO2S/c1-4-13-10(12)8-6-7(3)9(11-8)14-5-2/h7-8H,4-6H2,1-3H3/t7-,8-/m0/s1. The number of carbonyl (C=O) groups excluding carboxylic acids is 1. The van der Waals surface area contributed by atoms with Crippen molar-refractivity contribution < 1.29 is 9.53 Å². The molecule has 3 nitrogen and oxygen atoms in total.